The lowest BCUT2D eigenvalue weighted by atomic mass is 9.96. The highest BCUT2D eigenvalue weighted by Crippen LogP contribution is 2.21. The van der Waals surface area contributed by atoms with Crippen molar-refractivity contribution in [1.82, 2.24) is 31.2 Å². The Bertz CT molecular complexity index is 1830. The molecule has 2 aromatic carbocycles. The highest BCUT2D eigenvalue weighted by atomic mass is 16.4. The van der Waals surface area contributed by atoms with Gasteiger partial charge in [0.05, 0.1) is 12.5 Å². The van der Waals surface area contributed by atoms with Gasteiger partial charge in [-0.1, -0.05) is 68.8 Å². The van der Waals surface area contributed by atoms with E-state index in [9.17, 15) is 43.8 Å². The molecule has 1 aliphatic heterocycles. The molecule has 0 radical (unpaired) electrons. The lowest BCUT2D eigenvalue weighted by Crippen LogP contribution is -2.60. The zero-order chi connectivity index (χ0) is 39.5. The van der Waals surface area contributed by atoms with Gasteiger partial charge in [0.2, 0.25) is 29.5 Å². The number of rotatable bonds is 18. The topological polar surface area (TPSA) is 253 Å². The van der Waals surface area contributed by atoms with E-state index < -0.39 is 90.1 Å². The summed E-state index contributed by atoms with van der Waals surface area (Å²) >= 11 is 0. The van der Waals surface area contributed by atoms with Gasteiger partial charge in [-0.3, -0.25) is 28.8 Å². The molecular weight excluding hydrogens is 698 g/mol. The number of H-pyrrole nitrogens is 1. The Hall–Kier alpha value is -5.77. The van der Waals surface area contributed by atoms with Crippen molar-refractivity contribution in [1.29, 1.82) is 0 Å². The number of carboxylic acids is 2. The van der Waals surface area contributed by atoms with Crippen LogP contribution < -0.4 is 27.0 Å². The summed E-state index contributed by atoms with van der Waals surface area (Å²) in [4.78, 5) is 95.6. The molecule has 1 aromatic heterocycles. The highest BCUT2D eigenvalue weighted by molar-refractivity contribution is 5.97. The average Bonchev–Trinajstić information content (AvgIpc) is 3.80. The SMILES string of the molecule is CCC(C)C(NC(=O)C(CC(=O)O)NC(=O)C(N)Cc1ccccc1)C(=O)NC(Cc1c[nH]c2ccccc12)C(=O)NC(C)C(=O)N1CCCC1C(=O)O. The van der Waals surface area contributed by atoms with Gasteiger partial charge >= 0.3 is 11.9 Å². The quantitative estimate of drug-likeness (QED) is 0.0910. The molecule has 1 fully saturated rings. The van der Waals surface area contributed by atoms with Crippen molar-refractivity contribution in [3.63, 3.8) is 0 Å². The summed E-state index contributed by atoms with van der Waals surface area (Å²) in [7, 11) is 0. The standard InChI is InChI=1S/C38H49N7O9/c1-4-21(2)32(44-35(50)29(19-31(46)47)42-33(48)26(39)17-23-11-6-5-7-12-23)36(51)43-28(18-24-20-40-27-14-9-8-13-25(24)27)34(49)41-22(3)37(52)45-16-10-15-30(45)38(53)54/h5-9,11-14,20-22,26,28-30,32,40H,4,10,15-19,39H2,1-3H3,(H,41,49)(H,42,48)(H,43,51)(H,44,50)(H,46,47)(H,53,54). The number of para-hydroxylation sites is 1. The molecule has 0 bridgehead atoms. The number of nitrogens with zero attached hydrogens (tertiary/aromatic N) is 1. The van der Waals surface area contributed by atoms with E-state index in [1.165, 1.54) is 11.8 Å². The minimum Gasteiger partial charge on any atom is -0.481 e. The predicted octanol–water partition coefficient (Wildman–Crippen LogP) is 0.836. The molecule has 54 heavy (non-hydrogen) atoms. The maximum absolute atomic E-state index is 14.0. The summed E-state index contributed by atoms with van der Waals surface area (Å²) < 4.78 is 0. The molecule has 7 unspecified atom stereocenters. The molecule has 9 N–H and O–H groups in total. The van der Waals surface area contributed by atoms with Crippen LogP contribution in [-0.4, -0.2) is 104 Å². The number of hydrogen-bond acceptors (Lipinski definition) is 8. The average molecular weight is 748 g/mol. The fourth-order valence-corrected chi connectivity index (χ4v) is 6.48. The van der Waals surface area contributed by atoms with Crippen molar-refractivity contribution in [3.05, 3.63) is 71.9 Å². The van der Waals surface area contributed by atoms with Crippen LogP contribution in [0, 0.1) is 5.92 Å². The van der Waals surface area contributed by atoms with Crippen molar-refractivity contribution in [3.8, 4) is 0 Å². The molecule has 0 aliphatic carbocycles. The van der Waals surface area contributed by atoms with Gasteiger partial charge in [0, 0.05) is 30.1 Å². The van der Waals surface area contributed by atoms with Crippen molar-refractivity contribution < 1.29 is 43.8 Å². The second-order valence-electron chi connectivity index (χ2n) is 13.7. The van der Waals surface area contributed by atoms with Crippen molar-refractivity contribution >= 4 is 52.4 Å². The van der Waals surface area contributed by atoms with Crippen LogP contribution in [-0.2, 0) is 46.4 Å². The van der Waals surface area contributed by atoms with E-state index in [4.69, 9.17) is 5.73 Å². The number of amides is 5. The molecule has 1 aliphatic rings. The number of benzene rings is 2. The molecule has 1 saturated heterocycles. The molecule has 290 valence electrons. The van der Waals surface area contributed by atoms with E-state index in [1.54, 1.807) is 50.4 Å². The van der Waals surface area contributed by atoms with E-state index in [1.807, 2.05) is 24.3 Å². The first kappa shape index (κ1) is 41.0. The monoisotopic (exact) mass is 747 g/mol. The van der Waals surface area contributed by atoms with Crippen molar-refractivity contribution in [2.24, 2.45) is 11.7 Å². The molecule has 2 heterocycles. The number of aromatic amines is 1. The van der Waals surface area contributed by atoms with Crippen LogP contribution in [0.25, 0.3) is 10.9 Å². The third kappa shape index (κ3) is 10.7. The fraction of sp³-hybridized carbons (Fsp3) is 0.447. The first-order valence-electron chi connectivity index (χ1n) is 18.0. The molecule has 5 amide bonds. The molecule has 7 atom stereocenters. The van der Waals surface area contributed by atoms with Crippen LogP contribution in [0.1, 0.15) is 57.6 Å². The third-order valence-electron chi connectivity index (χ3n) is 9.72. The van der Waals surface area contributed by atoms with Crippen molar-refractivity contribution in [2.75, 3.05) is 6.54 Å². The first-order chi connectivity index (χ1) is 25.7. The Morgan fingerprint density at radius 3 is 2.15 bits per heavy atom. The van der Waals surface area contributed by atoms with Crippen LogP contribution >= 0.6 is 0 Å². The number of aliphatic carboxylic acids is 2. The number of fused-ring (bicyclic) bond motifs is 1. The van der Waals surface area contributed by atoms with Gasteiger partial charge in [-0.15, -0.1) is 0 Å². The van der Waals surface area contributed by atoms with Crippen LogP contribution in [0.2, 0.25) is 0 Å². The minimum absolute atomic E-state index is 0.0257. The normalized spacial score (nSPS) is 17.3. The summed E-state index contributed by atoms with van der Waals surface area (Å²) in [6.45, 7) is 5.13. The Morgan fingerprint density at radius 1 is 0.833 bits per heavy atom. The number of carboxylic acid groups (broad SMARTS) is 2. The first-order valence-corrected chi connectivity index (χ1v) is 18.0. The smallest absolute Gasteiger partial charge is 0.326 e. The summed E-state index contributed by atoms with van der Waals surface area (Å²) in [5, 5.41) is 30.3. The Balaban J connectivity index is 1.54. The van der Waals surface area contributed by atoms with Gasteiger partial charge in [-0.25, -0.2) is 4.79 Å². The van der Waals surface area contributed by atoms with Gasteiger partial charge in [-0.05, 0) is 49.3 Å². The van der Waals surface area contributed by atoms with Crippen LogP contribution in [0.5, 0.6) is 0 Å². The number of carbonyl (C=O) groups is 7. The lowest BCUT2D eigenvalue weighted by Gasteiger charge is -2.29. The maximum atomic E-state index is 14.0. The molecule has 16 nitrogen and oxygen atoms in total. The van der Waals surface area contributed by atoms with E-state index in [0.29, 0.717) is 24.8 Å². The Morgan fingerprint density at radius 2 is 1.48 bits per heavy atom. The summed E-state index contributed by atoms with van der Waals surface area (Å²) in [6.07, 6.45) is 2.20. The molecule has 16 heteroatoms. The summed E-state index contributed by atoms with van der Waals surface area (Å²) in [5.41, 5.74) is 8.31. The zero-order valence-electron chi connectivity index (χ0n) is 30.5. The Kier molecular flexibility index (Phi) is 14.3. The minimum atomic E-state index is -1.58. The van der Waals surface area contributed by atoms with Crippen LogP contribution in [0.4, 0.5) is 0 Å². The molecular formula is C38H49N7O9. The number of aromatic nitrogens is 1. The number of hydrogen-bond donors (Lipinski definition) is 8. The van der Waals surface area contributed by atoms with E-state index in [-0.39, 0.29) is 19.4 Å². The van der Waals surface area contributed by atoms with Gasteiger partial charge in [-0.2, -0.15) is 0 Å². The Labute approximate surface area is 312 Å². The lowest BCUT2D eigenvalue weighted by molar-refractivity contribution is -0.149. The number of likely N-dealkylation sites (tertiary alicyclic amines) is 1. The highest BCUT2D eigenvalue weighted by Gasteiger charge is 2.38. The van der Waals surface area contributed by atoms with E-state index >= 15 is 0 Å². The fourth-order valence-electron chi connectivity index (χ4n) is 6.48. The summed E-state index contributed by atoms with van der Waals surface area (Å²) in [6, 6.07) is 8.91. The van der Waals surface area contributed by atoms with E-state index in [2.05, 4.69) is 26.3 Å². The zero-order valence-corrected chi connectivity index (χ0v) is 30.5. The second kappa shape index (κ2) is 18.8. The third-order valence-corrected chi connectivity index (χ3v) is 9.72. The van der Waals surface area contributed by atoms with Crippen LogP contribution in [0.15, 0.2) is 60.8 Å². The van der Waals surface area contributed by atoms with Crippen molar-refractivity contribution in [2.45, 2.75) is 95.5 Å². The van der Waals surface area contributed by atoms with Gasteiger partial charge in [0.25, 0.3) is 0 Å². The molecule has 4 rings (SSSR count). The second-order valence-corrected chi connectivity index (χ2v) is 13.7. The van der Waals surface area contributed by atoms with Gasteiger partial charge in [0.1, 0.15) is 30.2 Å². The number of carbonyl (C=O) groups excluding carboxylic acids is 5. The maximum Gasteiger partial charge on any atom is 0.326 e. The largest absolute Gasteiger partial charge is 0.481 e. The number of nitrogens with one attached hydrogen (secondary N) is 5. The van der Waals surface area contributed by atoms with Crippen LogP contribution in [0.3, 0.4) is 0 Å². The molecule has 3 aromatic rings. The molecule has 0 spiro atoms. The molecule has 0 saturated carbocycles. The number of nitrogens with two attached hydrogens (primary N) is 1. The predicted molar refractivity (Wildman–Crippen MR) is 198 cm³/mol. The van der Waals surface area contributed by atoms with Gasteiger partial charge < -0.3 is 47.1 Å². The van der Waals surface area contributed by atoms with Gasteiger partial charge in [0.15, 0.2) is 0 Å². The van der Waals surface area contributed by atoms with E-state index in [0.717, 1.165) is 16.5 Å². The summed E-state index contributed by atoms with van der Waals surface area (Å²) in [5.74, 6) is -6.79.